The Kier molecular flexibility index (Phi) is 3.45. The molecule has 0 heterocycles. The molecule has 2 aromatic carbocycles. The minimum Gasteiger partial charge on any atom is -0.507 e. The van der Waals surface area contributed by atoms with Crippen molar-refractivity contribution in [2.45, 2.75) is 0 Å². The number of rotatable bonds is 3. The van der Waals surface area contributed by atoms with Crippen molar-refractivity contribution < 1.29 is 9.90 Å². The molecule has 88 valence electrons. The highest BCUT2D eigenvalue weighted by molar-refractivity contribution is 9.10. The minimum absolute atomic E-state index is 0.0278. The van der Waals surface area contributed by atoms with Crippen molar-refractivity contribution in [3.8, 4) is 5.75 Å². The third-order valence-electron chi connectivity index (χ3n) is 2.55. The summed E-state index contributed by atoms with van der Waals surface area (Å²) in [6, 6.07) is 9.05. The summed E-state index contributed by atoms with van der Waals surface area (Å²) >= 11 is 3.38. The van der Waals surface area contributed by atoms with Crippen molar-refractivity contribution in [2.24, 2.45) is 0 Å². The van der Waals surface area contributed by atoms with Crippen LogP contribution in [0.2, 0.25) is 0 Å². The number of phenolic OH excluding ortho intramolecular Hbond substituents is 1. The molecule has 2 N–H and O–H groups in total. The van der Waals surface area contributed by atoms with Gasteiger partial charge < -0.3 is 10.4 Å². The van der Waals surface area contributed by atoms with E-state index in [9.17, 15) is 9.90 Å². The predicted molar refractivity (Wildman–Crippen MR) is 71.6 cm³/mol. The van der Waals surface area contributed by atoms with Crippen LogP contribution >= 0.6 is 15.9 Å². The Hall–Kier alpha value is -1.39. The summed E-state index contributed by atoms with van der Waals surface area (Å²) in [5.74, 6) is -0.0908. The molecule has 0 atom stereocenters. The standard InChI is InChI=1S/C13H12BrNO2/c1-15-7-13(17)11-5-9-4-10(14)3-2-8(9)6-12(11)16/h2-6,15-16H,7H2,1H3. The van der Waals surface area contributed by atoms with Crippen LogP contribution in [-0.4, -0.2) is 24.5 Å². The number of hydrogen-bond acceptors (Lipinski definition) is 3. The molecule has 0 aromatic heterocycles. The van der Waals surface area contributed by atoms with Gasteiger partial charge in [0.1, 0.15) is 5.75 Å². The van der Waals surface area contributed by atoms with Gasteiger partial charge in [0, 0.05) is 4.47 Å². The lowest BCUT2D eigenvalue weighted by Gasteiger charge is -2.06. The fourth-order valence-electron chi connectivity index (χ4n) is 1.74. The molecule has 0 bridgehead atoms. The van der Waals surface area contributed by atoms with Crippen molar-refractivity contribution in [2.75, 3.05) is 13.6 Å². The van der Waals surface area contributed by atoms with Crippen LogP contribution in [0.15, 0.2) is 34.8 Å². The van der Waals surface area contributed by atoms with Crippen molar-refractivity contribution in [1.82, 2.24) is 5.32 Å². The number of hydrogen-bond donors (Lipinski definition) is 2. The predicted octanol–water partition coefficient (Wildman–Crippen LogP) is 2.71. The maximum atomic E-state index is 11.8. The Morgan fingerprint density at radius 2 is 2.06 bits per heavy atom. The second-order valence-corrected chi connectivity index (χ2v) is 4.73. The molecule has 0 amide bonds. The van der Waals surface area contributed by atoms with Gasteiger partial charge in [0.05, 0.1) is 12.1 Å². The molecule has 0 saturated carbocycles. The Morgan fingerprint density at radius 1 is 1.29 bits per heavy atom. The molecule has 0 unspecified atom stereocenters. The van der Waals surface area contributed by atoms with E-state index >= 15 is 0 Å². The zero-order valence-corrected chi connectivity index (χ0v) is 10.9. The van der Waals surface area contributed by atoms with Crippen LogP contribution < -0.4 is 5.32 Å². The number of carbonyl (C=O) groups excluding carboxylic acids is 1. The molecule has 2 rings (SSSR count). The Labute approximate surface area is 108 Å². The SMILES string of the molecule is CNCC(=O)c1cc2cc(Br)ccc2cc1O. The van der Waals surface area contributed by atoms with Crippen molar-refractivity contribution in [1.29, 1.82) is 0 Å². The third-order valence-corrected chi connectivity index (χ3v) is 3.05. The molecule has 2 aromatic rings. The quantitative estimate of drug-likeness (QED) is 0.856. The Bertz CT molecular complexity index is 581. The lowest BCUT2D eigenvalue weighted by molar-refractivity contribution is 0.0991. The van der Waals surface area contributed by atoms with E-state index in [2.05, 4.69) is 21.2 Å². The number of phenols is 1. The lowest BCUT2D eigenvalue weighted by atomic mass is 10.0. The van der Waals surface area contributed by atoms with E-state index in [0.717, 1.165) is 15.2 Å². The second kappa shape index (κ2) is 4.85. The topological polar surface area (TPSA) is 49.3 Å². The molecule has 4 heteroatoms. The van der Waals surface area contributed by atoms with Crippen LogP contribution in [0.3, 0.4) is 0 Å². The van der Waals surface area contributed by atoms with E-state index in [1.54, 1.807) is 19.2 Å². The number of benzene rings is 2. The molecule has 17 heavy (non-hydrogen) atoms. The number of halogens is 1. The molecule has 0 aliphatic heterocycles. The van der Waals surface area contributed by atoms with Gasteiger partial charge in [-0.25, -0.2) is 0 Å². The van der Waals surface area contributed by atoms with Gasteiger partial charge in [0.2, 0.25) is 0 Å². The van der Waals surface area contributed by atoms with Crippen LogP contribution in [0.5, 0.6) is 5.75 Å². The summed E-state index contributed by atoms with van der Waals surface area (Å²) in [5, 5.41) is 14.4. The van der Waals surface area contributed by atoms with Crippen LogP contribution in [0.25, 0.3) is 10.8 Å². The van der Waals surface area contributed by atoms with Gasteiger partial charge in [-0.2, -0.15) is 0 Å². The first-order chi connectivity index (χ1) is 8.11. The molecule has 0 aliphatic rings. The smallest absolute Gasteiger partial charge is 0.180 e. The van der Waals surface area contributed by atoms with Gasteiger partial charge in [-0.3, -0.25) is 4.79 Å². The molecule has 0 saturated heterocycles. The number of aromatic hydroxyl groups is 1. The number of ketones is 1. The van der Waals surface area contributed by atoms with Crippen molar-refractivity contribution in [3.05, 3.63) is 40.4 Å². The summed E-state index contributed by atoms with van der Waals surface area (Å²) in [4.78, 5) is 11.8. The minimum atomic E-state index is -0.119. The number of Topliss-reactive ketones (excluding diaryl/α,β-unsaturated/α-hetero) is 1. The maximum Gasteiger partial charge on any atom is 0.180 e. The molecule has 0 radical (unpaired) electrons. The van der Waals surface area contributed by atoms with Gasteiger partial charge in [-0.05, 0) is 42.1 Å². The highest BCUT2D eigenvalue weighted by Crippen LogP contribution is 2.27. The number of likely N-dealkylation sites (N-methyl/N-ethyl adjacent to an activating group) is 1. The van der Waals surface area contributed by atoms with Crippen LogP contribution in [0, 0.1) is 0 Å². The summed E-state index contributed by atoms with van der Waals surface area (Å²) < 4.78 is 0.947. The average Bonchev–Trinajstić information content (AvgIpc) is 2.29. The summed E-state index contributed by atoms with van der Waals surface area (Å²) in [5.41, 5.74) is 0.352. The summed E-state index contributed by atoms with van der Waals surface area (Å²) in [6.45, 7) is 0.215. The van der Waals surface area contributed by atoms with Gasteiger partial charge >= 0.3 is 0 Å². The highest BCUT2D eigenvalue weighted by Gasteiger charge is 2.11. The fraction of sp³-hybridized carbons (Fsp3) is 0.154. The largest absolute Gasteiger partial charge is 0.507 e. The molecular formula is C13H12BrNO2. The van der Waals surface area contributed by atoms with Crippen LogP contribution in [0.4, 0.5) is 0 Å². The van der Waals surface area contributed by atoms with E-state index in [4.69, 9.17) is 0 Å². The van der Waals surface area contributed by atoms with Crippen LogP contribution in [0.1, 0.15) is 10.4 Å². The normalized spacial score (nSPS) is 10.7. The first-order valence-electron chi connectivity index (χ1n) is 5.22. The van der Waals surface area contributed by atoms with Gasteiger partial charge in [-0.15, -0.1) is 0 Å². The molecule has 0 spiro atoms. The summed E-state index contributed by atoms with van der Waals surface area (Å²) in [7, 11) is 1.70. The van der Waals surface area contributed by atoms with Gasteiger partial charge in [-0.1, -0.05) is 22.0 Å². The van der Waals surface area contributed by atoms with Crippen LogP contribution in [-0.2, 0) is 0 Å². The monoisotopic (exact) mass is 293 g/mol. The number of nitrogens with one attached hydrogen (secondary N) is 1. The van der Waals surface area contributed by atoms with E-state index in [0.29, 0.717) is 5.56 Å². The van der Waals surface area contributed by atoms with Crippen molar-refractivity contribution in [3.63, 3.8) is 0 Å². The third kappa shape index (κ3) is 2.48. The lowest BCUT2D eigenvalue weighted by Crippen LogP contribution is -2.18. The first-order valence-corrected chi connectivity index (χ1v) is 6.01. The van der Waals surface area contributed by atoms with Crippen molar-refractivity contribution >= 4 is 32.5 Å². The average molecular weight is 294 g/mol. The molecular weight excluding hydrogens is 282 g/mol. The Morgan fingerprint density at radius 3 is 2.76 bits per heavy atom. The van der Waals surface area contributed by atoms with E-state index < -0.39 is 0 Å². The van der Waals surface area contributed by atoms with Gasteiger partial charge in [0.15, 0.2) is 5.78 Å². The molecule has 3 nitrogen and oxygen atoms in total. The van der Waals surface area contributed by atoms with E-state index in [1.807, 2.05) is 18.2 Å². The van der Waals surface area contributed by atoms with Gasteiger partial charge in [0.25, 0.3) is 0 Å². The number of fused-ring (bicyclic) bond motifs is 1. The molecule has 0 fully saturated rings. The molecule has 0 aliphatic carbocycles. The first kappa shape index (κ1) is 12.1. The Balaban J connectivity index is 2.57. The zero-order chi connectivity index (χ0) is 12.4. The number of carbonyl (C=O) groups is 1. The summed E-state index contributed by atoms with van der Waals surface area (Å²) in [6.07, 6.45) is 0. The second-order valence-electron chi connectivity index (χ2n) is 3.81. The maximum absolute atomic E-state index is 11.8. The van der Waals surface area contributed by atoms with E-state index in [1.165, 1.54) is 0 Å². The fourth-order valence-corrected chi connectivity index (χ4v) is 2.11. The zero-order valence-electron chi connectivity index (χ0n) is 9.33. The highest BCUT2D eigenvalue weighted by atomic mass is 79.9. The van der Waals surface area contributed by atoms with E-state index in [-0.39, 0.29) is 18.1 Å².